The molecular weight excluding hydrogens is 452 g/mol. The molecule has 1 aliphatic carbocycles. The van der Waals surface area contributed by atoms with Crippen LogP contribution in [0.3, 0.4) is 0 Å². The molecule has 2 unspecified atom stereocenters. The van der Waals surface area contributed by atoms with Crippen molar-refractivity contribution in [3.05, 3.63) is 29.8 Å². The third-order valence-electron chi connectivity index (χ3n) is 7.38. The van der Waals surface area contributed by atoms with Gasteiger partial charge in [0, 0.05) is 12.6 Å². The summed E-state index contributed by atoms with van der Waals surface area (Å²) in [5.74, 6) is 0.541. The fraction of sp³-hybridized carbons (Fsp3) is 0.733. The van der Waals surface area contributed by atoms with Crippen LogP contribution < -0.4 is 15.4 Å². The van der Waals surface area contributed by atoms with Gasteiger partial charge in [0.05, 0.1) is 0 Å². The van der Waals surface area contributed by atoms with Gasteiger partial charge >= 0.3 is 12.2 Å². The zero-order valence-corrected chi connectivity index (χ0v) is 23.2. The van der Waals surface area contributed by atoms with E-state index in [1.807, 2.05) is 24.3 Å². The Balaban J connectivity index is 1.66. The fourth-order valence-electron chi connectivity index (χ4n) is 6.01. The Morgan fingerprint density at radius 2 is 1.50 bits per heavy atom. The maximum atomic E-state index is 12.4. The molecule has 204 valence electrons. The highest BCUT2D eigenvalue weighted by molar-refractivity contribution is 5.70. The Labute approximate surface area is 219 Å². The van der Waals surface area contributed by atoms with Crippen LogP contribution >= 0.6 is 0 Å². The van der Waals surface area contributed by atoms with Crippen LogP contribution in [0.2, 0.25) is 0 Å². The summed E-state index contributed by atoms with van der Waals surface area (Å²) >= 11 is 0. The van der Waals surface area contributed by atoms with Crippen molar-refractivity contribution in [1.29, 1.82) is 0 Å². The zero-order chi connectivity index (χ0) is 26.4. The number of nitrogens with one attached hydrogen (secondary N) is 2. The van der Waals surface area contributed by atoms with Crippen LogP contribution in [0.25, 0.3) is 0 Å². The van der Waals surface area contributed by atoms with Gasteiger partial charge in [0.2, 0.25) is 0 Å². The number of unbranched alkanes of at least 4 members (excludes halogenated alkanes) is 9. The normalized spacial score (nSPS) is 21.1. The molecule has 3 N–H and O–H groups in total. The molecule has 1 saturated carbocycles. The van der Waals surface area contributed by atoms with Crippen molar-refractivity contribution >= 4 is 12.2 Å². The number of carbonyl (C=O) groups excluding carboxylic acids is 1. The first-order valence-corrected chi connectivity index (χ1v) is 14.1. The number of benzene rings is 1. The maximum absolute atomic E-state index is 12.4. The lowest BCUT2D eigenvalue weighted by molar-refractivity contribution is 0.0695. The number of carboxylic acid groups (broad SMARTS) is 1. The molecule has 0 radical (unpaired) electrons. The predicted molar refractivity (Wildman–Crippen MR) is 147 cm³/mol. The van der Waals surface area contributed by atoms with E-state index in [1.54, 1.807) is 0 Å². The van der Waals surface area contributed by atoms with E-state index < -0.39 is 12.2 Å². The van der Waals surface area contributed by atoms with E-state index in [2.05, 4.69) is 38.3 Å². The lowest BCUT2D eigenvalue weighted by Gasteiger charge is -2.46. The summed E-state index contributed by atoms with van der Waals surface area (Å²) in [5.41, 5.74) is 1.07. The van der Waals surface area contributed by atoms with Crippen molar-refractivity contribution in [2.75, 3.05) is 6.54 Å². The second-order valence-corrected chi connectivity index (χ2v) is 12.0. The van der Waals surface area contributed by atoms with E-state index in [-0.39, 0.29) is 16.9 Å². The number of hydrogen-bond acceptors (Lipinski definition) is 3. The fourth-order valence-corrected chi connectivity index (χ4v) is 6.01. The molecule has 6 nitrogen and oxygen atoms in total. The van der Waals surface area contributed by atoms with Crippen LogP contribution in [-0.4, -0.2) is 29.9 Å². The molecule has 0 saturated heterocycles. The largest absolute Gasteiger partial charge is 0.465 e. The molecule has 2 rings (SSSR count). The van der Waals surface area contributed by atoms with Crippen LogP contribution in [0.1, 0.15) is 117 Å². The van der Waals surface area contributed by atoms with Gasteiger partial charge < -0.3 is 20.5 Å². The summed E-state index contributed by atoms with van der Waals surface area (Å²) in [6.07, 6.45) is 15.4. The van der Waals surface area contributed by atoms with Gasteiger partial charge in [-0.25, -0.2) is 9.59 Å². The van der Waals surface area contributed by atoms with Crippen molar-refractivity contribution in [1.82, 2.24) is 10.6 Å². The molecule has 0 bridgehead atoms. The Bertz CT molecular complexity index is 793. The minimum absolute atomic E-state index is 0.00419. The number of amides is 2. The molecule has 1 aromatic carbocycles. The summed E-state index contributed by atoms with van der Waals surface area (Å²) in [7, 11) is 0. The van der Waals surface area contributed by atoms with E-state index in [0.29, 0.717) is 18.7 Å². The second kappa shape index (κ2) is 15.1. The van der Waals surface area contributed by atoms with Crippen molar-refractivity contribution in [3.8, 4) is 5.75 Å². The first kappa shape index (κ1) is 30.0. The van der Waals surface area contributed by atoms with Crippen LogP contribution in [0.4, 0.5) is 9.59 Å². The average Bonchev–Trinajstić information content (AvgIpc) is 2.78. The lowest BCUT2D eigenvalue weighted by Crippen LogP contribution is -2.50. The number of ether oxygens (including phenoxy) is 1. The molecule has 0 heterocycles. The van der Waals surface area contributed by atoms with Crippen LogP contribution in [0.5, 0.6) is 5.75 Å². The van der Waals surface area contributed by atoms with E-state index in [0.717, 1.165) is 19.3 Å². The van der Waals surface area contributed by atoms with Crippen LogP contribution in [0, 0.1) is 10.8 Å². The summed E-state index contributed by atoms with van der Waals surface area (Å²) in [6.45, 7) is 9.11. The van der Waals surface area contributed by atoms with Gasteiger partial charge in [0.25, 0.3) is 0 Å². The number of aryl methyl sites for hydroxylation is 1. The third-order valence-corrected chi connectivity index (χ3v) is 7.38. The summed E-state index contributed by atoms with van der Waals surface area (Å²) in [5, 5.41) is 14.7. The molecule has 1 aromatic rings. The molecule has 0 spiro atoms. The van der Waals surface area contributed by atoms with Gasteiger partial charge in [-0.15, -0.1) is 0 Å². The third kappa shape index (κ3) is 12.1. The monoisotopic (exact) mass is 502 g/mol. The minimum Gasteiger partial charge on any atom is -0.465 e. The van der Waals surface area contributed by atoms with Crippen molar-refractivity contribution in [2.45, 2.75) is 124 Å². The Morgan fingerprint density at radius 1 is 0.917 bits per heavy atom. The molecule has 2 atom stereocenters. The van der Waals surface area contributed by atoms with Gasteiger partial charge in [0.15, 0.2) is 0 Å². The van der Waals surface area contributed by atoms with Gasteiger partial charge in [-0.3, -0.25) is 0 Å². The molecule has 0 aliphatic heterocycles. The van der Waals surface area contributed by atoms with Gasteiger partial charge in [-0.05, 0) is 60.6 Å². The SMILES string of the molecule is CCCCCCCCCCCCc1ccc(OC(=O)NCC2(C)CC(NC(=O)O)CC(C)(C)C2)cc1. The van der Waals surface area contributed by atoms with Gasteiger partial charge in [0.1, 0.15) is 5.75 Å². The van der Waals surface area contributed by atoms with Crippen molar-refractivity contribution in [2.24, 2.45) is 10.8 Å². The first-order valence-electron chi connectivity index (χ1n) is 14.1. The topological polar surface area (TPSA) is 87.7 Å². The molecule has 0 aromatic heterocycles. The summed E-state index contributed by atoms with van der Waals surface area (Å²) in [6, 6.07) is 7.71. The molecule has 1 fully saturated rings. The molecule has 36 heavy (non-hydrogen) atoms. The molecular formula is C30H50N2O4. The van der Waals surface area contributed by atoms with E-state index in [1.165, 1.54) is 69.8 Å². The van der Waals surface area contributed by atoms with E-state index in [4.69, 9.17) is 9.84 Å². The Hall–Kier alpha value is -2.24. The lowest BCUT2D eigenvalue weighted by atomic mass is 9.62. The van der Waals surface area contributed by atoms with Crippen molar-refractivity contribution < 1.29 is 19.4 Å². The minimum atomic E-state index is -0.996. The van der Waals surface area contributed by atoms with Crippen LogP contribution in [-0.2, 0) is 6.42 Å². The second-order valence-electron chi connectivity index (χ2n) is 12.0. The van der Waals surface area contributed by atoms with Gasteiger partial charge in [-0.1, -0.05) is 97.6 Å². The Morgan fingerprint density at radius 3 is 2.08 bits per heavy atom. The highest BCUT2D eigenvalue weighted by atomic mass is 16.6. The molecule has 2 amide bonds. The van der Waals surface area contributed by atoms with E-state index in [9.17, 15) is 9.59 Å². The average molecular weight is 503 g/mol. The predicted octanol–water partition coefficient (Wildman–Crippen LogP) is 8.09. The quantitative estimate of drug-likeness (QED) is 0.211. The molecule has 6 heteroatoms. The van der Waals surface area contributed by atoms with Gasteiger partial charge in [-0.2, -0.15) is 0 Å². The highest BCUT2D eigenvalue weighted by Gasteiger charge is 2.42. The smallest absolute Gasteiger partial charge is 0.412 e. The number of carbonyl (C=O) groups is 2. The number of rotatable bonds is 15. The summed E-state index contributed by atoms with van der Waals surface area (Å²) < 4.78 is 5.49. The maximum Gasteiger partial charge on any atom is 0.412 e. The molecule has 1 aliphatic rings. The van der Waals surface area contributed by atoms with Crippen LogP contribution in [0.15, 0.2) is 24.3 Å². The summed E-state index contributed by atoms with van der Waals surface area (Å²) in [4.78, 5) is 23.6. The standard InChI is InChI=1S/C30H50N2O4/c1-5-6-7-8-9-10-11-12-13-14-15-24-16-18-26(19-17-24)36-28(35)31-23-30(4)21-25(32-27(33)34)20-29(2,3)22-30/h16-19,25,32H,5-15,20-23H2,1-4H3,(H,31,35)(H,33,34). The zero-order valence-electron chi connectivity index (χ0n) is 23.2. The number of hydrogen-bond donors (Lipinski definition) is 3. The van der Waals surface area contributed by atoms with E-state index >= 15 is 0 Å². The Kier molecular flexibility index (Phi) is 12.6. The first-order chi connectivity index (χ1) is 17.1. The highest BCUT2D eigenvalue weighted by Crippen LogP contribution is 2.45. The van der Waals surface area contributed by atoms with Crippen molar-refractivity contribution in [3.63, 3.8) is 0 Å².